The van der Waals surface area contributed by atoms with Crippen molar-refractivity contribution in [2.24, 2.45) is 5.92 Å². The molecule has 0 saturated heterocycles. The van der Waals surface area contributed by atoms with Crippen LogP contribution in [0.3, 0.4) is 0 Å². The fourth-order valence-electron chi connectivity index (χ4n) is 2.61. The van der Waals surface area contributed by atoms with E-state index in [0.717, 1.165) is 19.1 Å². The van der Waals surface area contributed by atoms with Gasteiger partial charge in [0, 0.05) is 6.61 Å². The van der Waals surface area contributed by atoms with Gasteiger partial charge in [0.25, 0.3) is 0 Å². The minimum absolute atomic E-state index is 0.271. The van der Waals surface area contributed by atoms with Crippen LogP contribution in [-0.4, -0.2) is 25.8 Å². The number of hydrogen-bond acceptors (Lipinski definition) is 2. The van der Waals surface area contributed by atoms with Crippen LogP contribution in [0, 0.1) is 5.92 Å². The van der Waals surface area contributed by atoms with Crippen molar-refractivity contribution in [1.82, 2.24) is 5.32 Å². The van der Waals surface area contributed by atoms with E-state index in [1.807, 2.05) is 7.05 Å². The molecule has 1 N–H and O–H groups in total. The Morgan fingerprint density at radius 3 is 2.53 bits per heavy atom. The van der Waals surface area contributed by atoms with Gasteiger partial charge in [-0.1, -0.05) is 19.3 Å². The largest absolute Gasteiger partial charge is 0.375 e. The molecular weight excluding hydrogens is 186 g/mol. The van der Waals surface area contributed by atoms with E-state index in [2.05, 4.69) is 5.32 Å². The molecule has 15 heavy (non-hydrogen) atoms. The number of rotatable bonds is 7. The molecule has 2 aliphatic rings. The van der Waals surface area contributed by atoms with Crippen molar-refractivity contribution in [2.45, 2.75) is 57.0 Å². The maximum Gasteiger partial charge on any atom is 0.0694 e. The van der Waals surface area contributed by atoms with Crippen molar-refractivity contribution in [3.8, 4) is 0 Å². The van der Waals surface area contributed by atoms with Crippen molar-refractivity contribution in [2.75, 3.05) is 20.2 Å². The van der Waals surface area contributed by atoms with Crippen molar-refractivity contribution < 1.29 is 4.74 Å². The summed E-state index contributed by atoms with van der Waals surface area (Å²) in [5, 5.41) is 3.23. The van der Waals surface area contributed by atoms with Gasteiger partial charge in [0.05, 0.1) is 5.60 Å². The SMILES string of the molecule is CNCCC1(OCCC2CCC2)CCC1. The Labute approximate surface area is 93.8 Å². The summed E-state index contributed by atoms with van der Waals surface area (Å²) in [6.45, 7) is 2.11. The summed E-state index contributed by atoms with van der Waals surface area (Å²) < 4.78 is 6.13. The molecule has 0 bridgehead atoms. The van der Waals surface area contributed by atoms with Crippen LogP contribution in [0.4, 0.5) is 0 Å². The lowest BCUT2D eigenvalue weighted by Gasteiger charge is -2.42. The molecular formula is C13H25NO. The molecule has 0 aliphatic heterocycles. The molecule has 0 radical (unpaired) electrons. The monoisotopic (exact) mass is 211 g/mol. The Bertz CT molecular complexity index is 185. The molecule has 0 amide bonds. The Kier molecular flexibility index (Phi) is 4.04. The summed E-state index contributed by atoms with van der Waals surface area (Å²) in [4.78, 5) is 0. The first-order valence-corrected chi connectivity index (χ1v) is 6.63. The summed E-state index contributed by atoms with van der Waals surface area (Å²) in [7, 11) is 2.03. The highest BCUT2D eigenvalue weighted by Crippen LogP contribution is 2.39. The normalized spacial score (nSPS) is 24.6. The maximum absolute atomic E-state index is 6.13. The molecule has 2 rings (SSSR count). The summed E-state index contributed by atoms with van der Waals surface area (Å²) in [5.41, 5.74) is 0.271. The van der Waals surface area contributed by atoms with Gasteiger partial charge in [0.15, 0.2) is 0 Å². The van der Waals surface area contributed by atoms with Crippen LogP contribution in [0.25, 0.3) is 0 Å². The third-order valence-electron chi connectivity index (χ3n) is 4.25. The molecule has 2 saturated carbocycles. The number of ether oxygens (including phenoxy) is 1. The second-order valence-electron chi connectivity index (χ2n) is 5.32. The van der Waals surface area contributed by atoms with E-state index in [1.54, 1.807) is 0 Å². The van der Waals surface area contributed by atoms with E-state index >= 15 is 0 Å². The van der Waals surface area contributed by atoms with Crippen LogP contribution < -0.4 is 5.32 Å². The molecule has 2 aliphatic carbocycles. The van der Waals surface area contributed by atoms with Crippen molar-refractivity contribution >= 4 is 0 Å². The second kappa shape index (κ2) is 5.31. The highest BCUT2D eigenvalue weighted by Gasteiger charge is 2.37. The van der Waals surface area contributed by atoms with Crippen LogP contribution >= 0.6 is 0 Å². The zero-order chi connectivity index (χ0) is 10.6. The first-order valence-electron chi connectivity index (χ1n) is 6.63. The van der Waals surface area contributed by atoms with Gasteiger partial charge in [-0.25, -0.2) is 0 Å². The summed E-state index contributed by atoms with van der Waals surface area (Å²) >= 11 is 0. The van der Waals surface area contributed by atoms with E-state index < -0.39 is 0 Å². The molecule has 0 aromatic carbocycles. The average Bonchev–Trinajstić information content (AvgIpc) is 2.11. The molecule has 0 heterocycles. The lowest BCUT2D eigenvalue weighted by atomic mass is 9.77. The first-order chi connectivity index (χ1) is 7.35. The number of nitrogens with one attached hydrogen (secondary N) is 1. The molecule has 0 aromatic rings. The van der Waals surface area contributed by atoms with Crippen LogP contribution in [0.15, 0.2) is 0 Å². The van der Waals surface area contributed by atoms with Gasteiger partial charge in [0.1, 0.15) is 0 Å². The van der Waals surface area contributed by atoms with Gasteiger partial charge in [0.2, 0.25) is 0 Å². The Hall–Kier alpha value is -0.0800. The quantitative estimate of drug-likeness (QED) is 0.699. The predicted octanol–water partition coefficient (Wildman–Crippen LogP) is 2.73. The molecule has 0 unspecified atom stereocenters. The van der Waals surface area contributed by atoms with E-state index in [9.17, 15) is 0 Å². The standard InChI is InChI=1S/C13H25NO/c1-14-10-9-13(7-3-8-13)15-11-6-12-4-2-5-12/h12,14H,2-11H2,1H3. The Morgan fingerprint density at radius 2 is 2.07 bits per heavy atom. The van der Waals surface area contributed by atoms with Gasteiger partial charge < -0.3 is 10.1 Å². The second-order valence-corrected chi connectivity index (χ2v) is 5.32. The predicted molar refractivity (Wildman–Crippen MR) is 63.0 cm³/mol. The third-order valence-corrected chi connectivity index (χ3v) is 4.25. The lowest BCUT2D eigenvalue weighted by Crippen LogP contribution is -2.42. The van der Waals surface area contributed by atoms with Gasteiger partial charge in [-0.3, -0.25) is 0 Å². The van der Waals surface area contributed by atoms with Crippen LogP contribution in [-0.2, 0) is 4.74 Å². The van der Waals surface area contributed by atoms with Crippen molar-refractivity contribution in [1.29, 1.82) is 0 Å². The Morgan fingerprint density at radius 1 is 1.27 bits per heavy atom. The molecule has 88 valence electrons. The smallest absolute Gasteiger partial charge is 0.0694 e. The van der Waals surface area contributed by atoms with Crippen LogP contribution in [0.5, 0.6) is 0 Å². The van der Waals surface area contributed by atoms with Gasteiger partial charge in [-0.15, -0.1) is 0 Å². The van der Waals surface area contributed by atoms with Gasteiger partial charge in [-0.05, 0) is 51.6 Å². The van der Waals surface area contributed by atoms with E-state index in [4.69, 9.17) is 4.74 Å². The van der Waals surface area contributed by atoms with Crippen LogP contribution in [0.1, 0.15) is 51.4 Å². The average molecular weight is 211 g/mol. The van der Waals surface area contributed by atoms with E-state index in [0.29, 0.717) is 0 Å². The molecule has 2 nitrogen and oxygen atoms in total. The zero-order valence-electron chi connectivity index (χ0n) is 10.1. The minimum atomic E-state index is 0.271. The van der Waals surface area contributed by atoms with Crippen molar-refractivity contribution in [3.05, 3.63) is 0 Å². The van der Waals surface area contributed by atoms with E-state index in [-0.39, 0.29) is 5.60 Å². The molecule has 0 spiro atoms. The topological polar surface area (TPSA) is 21.3 Å². The van der Waals surface area contributed by atoms with E-state index in [1.165, 1.54) is 51.4 Å². The maximum atomic E-state index is 6.13. The molecule has 0 atom stereocenters. The fourth-order valence-corrected chi connectivity index (χ4v) is 2.61. The summed E-state index contributed by atoms with van der Waals surface area (Å²) in [5.74, 6) is 0.992. The van der Waals surface area contributed by atoms with Crippen LogP contribution in [0.2, 0.25) is 0 Å². The molecule has 2 heteroatoms. The summed E-state index contributed by atoms with van der Waals surface area (Å²) in [6.07, 6.45) is 10.8. The van der Waals surface area contributed by atoms with Crippen molar-refractivity contribution in [3.63, 3.8) is 0 Å². The van der Waals surface area contributed by atoms with Gasteiger partial charge >= 0.3 is 0 Å². The minimum Gasteiger partial charge on any atom is -0.375 e. The first kappa shape index (κ1) is 11.4. The highest BCUT2D eigenvalue weighted by molar-refractivity contribution is 4.90. The lowest BCUT2D eigenvalue weighted by molar-refractivity contribution is -0.109. The third kappa shape index (κ3) is 2.94. The molecule has 2 fully saturated rings. The Balaban J connectivity index is 1.61. The summed E-state index contributed by atoms with van der Waals surface area (Å²) in [6, 6.07) is 0. The fraction of sp³-hybridized carbons (Fsp3) is 1.00. The van der Waals surface area contributed by atoms with Gasteiger partial charge in [-0.2, -0.15) is 0 Å². The molecule has 0 aromatic heterocycles. The number of hydrogen-bond donors (Lipinski definition) is 1. The highest BCUT2D eigenvalue weighted by atomic mass is 16.5. The zero-order valence-corrected chi connectivity index (χ0v) is 10.1.